The van der Waals surface area contributed by atoms with Crippen molar-refractivity contribution in [2.45, 2.75) is 18.7 Å². The Labute approximate surface area is 158 Å². The minimum Gasteiger partial charge on any atom is -0.484 e. The second kappa shape index (κ2) is 9.02. The number of hydrogen-bond donors (Lipinski definition) is 1. The first kappa shape index (κ1) is 20.2. The summed E-state index contributed by atoms with van der Waals surface area (Å²) in [4.78, 5) is 12.1. The Balaban J connectivity index is 1.97. The number of nitrogens with one attached hydrogen (secondary N) is 1. The maximum Gasteiger partial charge on any atom is 0.262 e. The van der Waals surface area contributed by atoms with Crippen LogP contribution in [-0.2, 0) is 14.8 Å². The van der Waals surface area contributed by atoms with Crippen LogP contribution in [0.3, 0.4) is 0 Å². The molecule has 0 unspecified atom stereocenters. The van der Waals surface area contributed by atoms with Crippen molar-refractivity contribution in [2.24, 2.45) is 0 Å². The summed E-state index contributed by atoms with van der Waals surface area (Å²) in [6.07, 6.45) is 0. The molecule has 0 aromatic heterocycles. The summed E-state index contributed by atoms with van der Waals surface area (Å²) >= 11 is 5.85. The van der Waals surface area contributed by atoms with E-state index in [0.29, 0.717) is 29.5 Å². The number of carbonyl (C=O) groups is 1. The number of anilines is 1. The average Bonchev–Trinajstić information content (AvgIpc) is 2.61. The van der Waals surface area contributed by atoms with Gasteiger partial charge >= 0.3 is 0 Å². The molecule has 8 heteroatoms. The van der Waals surface area contributed by atoms with Gasteiger partial charge in [0.1, 0.15) is 5.75 Å². The molecule has 0 bridgehead atoms. The molecular formula is C18H21ClN2O4S. The lowest BCUT2D eigenvalue weighted by Gasteiger charge is -2.18. The van der Waals surface area contributed by atoms with E-state index in [1.165, 1.54) is 16.4 Å². The van der Waals surface area contributed by atoms with E-state index in [2.05, 4.69) is 5.32 Å². The predicted molar refractivity (Wildman–Crippen MR) is 102 cm³/mol. The summed E-state index contributed by atoms with van der Waals surface area (Å²) in [5.74, 6) is 0.137. The maximum absolute atomic E-state index is 12.4. The van der Waals surface area contributed by atoms with Crippen LogP contribution >= 0.6 is 11.6 Å². The number of nitrogens with zero attached hydrogens (tertiary/aromatic N) is 1. The normalized spacial score (nSPS) is 11.4. The highest BCUT2D eigenvalue weighted by atomic mass is 35.5. The quantitative estimate of drug-likeness (QED) is 0.742. The van der Waals surface area contributed by atoms with Crippen molar-refractivity contribution in [2.75, 3.05) is 25.0 Å². The number of ether oxygens (including phenoxy) is 1. The van der Waals surface area contributed by atoms with Crippen LogP contribution in [-0.4, -0.2) is 38.3 Å². The molecule has 1 amide bonds. The smallest absolute Gasteiger partial charge is 0.262 e. The van der Waals surface area contributed by atoms with Crippen LogP contribution < -0.4 is 10.1 Å². The van der Waals surface area contributed by atoms with Crippen molar-refractivity contribution < 1.29 is 17.9 Å². The highest BCUT2D eigenvalue weighted by Crippen LogP contribution is 2.19. The number of rotatable bonds is 8. The minimum atomic E-state index is -3.51. The number of benzene rings is 2. The Hall–Kier alpha value is -2.09. The molecule has 26 heavy (non-hydrogen) atoms. The first-order valence-corrected chi connectivity index (χ1v) is 9.97. The van der Waals surface area contributed by atoms with Crippen LogP contribution in [0.15, 0.2) is 53.4 Å². The Morgan fingerprint density at radius 1 is 1.12 bits per heavy atom. The van der Waals surface area contributed by atoms with Crippen LogP contribution in [0.1, 0.15) is 13.8 Å². The largest absolute Gasteiger partial charge is 0.484 e. The number of halogens is 1. The molecule has 0 atom stereocenters. The van der Waals surface area contributed by atoms with Crippen molar-refractivity contribution >= 4 is 33.2 Å². The van der Waals surface area contributed by atoms with Gasteiger partial charge in [-0.05, 0) is 42.5 Å². The maximum atomic E-state index is 12.4. The third-order valence-corrected chi connectivity index (χ3v) is 5.95. The van der Waals surface area contributed by atoms with Crippen LogP contribution in [0.4, 0.5) is 5.69 Å². The molecular weight excluding hydrogens is 376 g/mol. The van der Waals surface area contributed by atoms with Gasteiger partial charge in [0.25, 0.3) is 5.91 Å². The van der Waals surface area contributed by atoms with E-state index < -0.39 is 10.0 Å². The van der Waals surface area contributed by atoms with Crippen molar-refractivity contribution in [1.29, 1.82) is 0 Å². The lowest BCUT2D eigenvalue weighted by atomic mass is 10.3. The SMILES string of the molecule is CCN(CC)S(=O)(=O)c1ccc(NC(=O)COc2cccc(Cl)c2)cc1. The third kappa shape index (κ3) is 5.20. The summed E-state index contributed by atoms with van der Waals surface area (Å²) in [5, 5.41) is 3.18. The molecule has 0 aliphatic carbocycles. The number of hydrogen-bond acceptors (Lipinski definition) is 4. The second-order valence-corrected chi connectivity index (χ2v) is 7.78. The van der Waals surface area contributed by atoms with Gasteiger partial charge in [-0.1, -0.05) is 31.5 Å². The van der Waals surface area contributed by atoms with Crippen LogP contribution in [0.25, 0.3) is 0 Å². The molecule has 6 nitrogen and oxygen atoms in total. The molecule has 0 spiro atoms. The molecule has 0 heterocycles. The van der Waals surface area contributed by atoms with Crippen molar-refractivity contribution in [1.82, 2.24) is 4.31 Å². The van der Waals surface area contributed by atoms with E-state index in [4.69, 9.17) is 16.3 Å². The fraction of sp³-hybridized carbons (Fsp3) is 0.278. The minimum absolute atomic E-state index is 0.181. The Morgan fingerprint density at radius 3 is 2.35 bits per heavy atom. The van der Waals surface area contributed by atoms with Gasteiger partial charge in [0.15, 0.2) is 6.61 Å². The van der Waals surface area contributed by atoms with Gasteiger partial charge in [0, 0.05) is 23.8 Å². The summed E-state index contributed by atoms with van der Waals surface area (Å²) in [6, 6.07) is 12.8. The highest BCUT2D eigenvalue weighted by molar-refractivity contribution is 7.89. The van der Waals surface area contributed by atoms with E-state index >= 15 is 0 Å². The number of amides is 1. The average molecular weight is 397 g/mol. The Morgan fingerprint density at radius 2 is 1.77 bits per heavy atom. The molecule has 0 saturated carbocycles. The third-order valence-electron chi connectivity index (χ3n) is 3.65. The van der Waals surface area contributed by atoms with Gasteiger partial charge in [0.05, 0.1) is 4.90 Å². The molecule has 0 saturated heterocycles. The van der Waals surface area contributed by atoms with Gasteiger partial charge in [-0.25, -0.2) is 8.42 Å². The number of carbonyl (C=O) groups excluding carboxylic acids is 1. The van der Waals surface area contributed by atoms with Gasteiger partial charge in [0.2, 0.25) is 10.0 Å². The van der Waals surface area contributed by atoms with Crippen molar-refractivity contribution in [3.8, 4) is 5.75 Å². The van der Waals surface area contributed by atoms with E-state index in [9.17, 15) is 13.2 Å². The first-order valence-electron chi connectivity index (χ1n) is 8.15. The van der Waals surface area contributed by atoms with Gasteiger partial charge in [-0.3, -0.25) is 4.79 Å². The molecule has 1 N–H and O–H groups in total. The summed E-state index contributed by atoms with van der Waals surface area (Å²) in [6.45, 7) is 4.20. The molecule has 0 radical (unpaired) electrons. The van der Waals surface area contributed by atoms with E-state index in [0.717, 1.165) is 0 Å². The topological polar surface area (TPSA) is 75.7 Å². The zero-order valence-corrected chi connectivity index (χ0v) is 16.2. The van der Waals surface area contributed by atoms with Crippen LogP contribution in [0, 0.1) is 0 Å². The van der Waals surface area contributed by atoms with Crippen molar-refractivity contribution in [3.05, 3.63) is 53.6 Å². The first-order chi connectivity index (χ1) is 12.4. The van der Waals surface area contributed by atoms with Gasteiger partial charge in [-0.15, -0.1) is 0 Å². The molecule has 2 rings (SSSR count). The molecule has 2 aromatic rings. The fourth-order valence-electron chi connectivity index (χ4n) is 2.33. The molecule has 0 aliphatic rings. The van der Waals surface area contributed by atoms with E-state index in [1.54, 1.807) is 50.2 Å². The number of sulfonamides is 1. The van der Waals surface area contributed by atoms with E-state index in [-0.39, 0.29) is 17.4 Å². The summed E-state index contributed by atoms with van der Waals surface area (Å²) in [5.41, 5.74) is 0.489. The van der Waals surface area contributed by atoms with Crippen LogP contribution in [0.5, 0.6) is 5.75 Å². The zero-order valence-electron chi connectivity index (χ0n) is 14.6. The lowest BCUT2D eigenvalue weighted by molar-refractivity contribution is -0.118. The summed E-state index contributed by atoms with van der Waals surface area (Å²) in [7, 11) is -3.51. The molecule has 2 aromatic carbocycles. The molecule has 0 fully saturated rings. The van der Waals surface area contributed by atoms with Crippen LogP contribution in [0.2, 0.25) is 5.02 Å². The molecule has 0 aliphatic heterocycles. The fourth-order valence-corrected chi connectivity index (χ4v) is 3.96. The zero-order chi connectivity index (χ0) is 19.2. The van der Waals surface area contributed by atoms with Crippen molar-refractivity contribution in [3.63, 3.8) is 0 Å². The monoisotopic (exact) mass is 396 g/mol. The van der Waals surface area contributed by atoms with Gasteiger partial charge < -0.3 is 10.1 Å². The Kier molecular flexibility index (Phi) is 7.02. The summed E-state index contributed by atoms with van der Waals surface area (Å²) < 4.78 is 31.6. The second-order valence-electron chi connectivity index (χ2n) is 5.41. The van der Waals surface area contributed by atoms with E-state index in [1.807, 2.05) is 0 Å². The van der Waals surface area contributed by atoms with Gasteiger partial charge in [-0.2, -0.15) is 4.31 Å². The Bertz CT molecular complexity index is 850. The highest BCUT2D eigenvalue weighted by Gasteiger charge is 2.21. The lowest BCUT2D eigenvalue weighted by Crippen LogP contribution is -2.30. The molecule has 140 valence electrons. The standard InChI is InChI=1S/C18H21ClN2O4S/c1-3-21(4-2)26(23,24)17-10-8-15(9-11-17)20-18(22)13-25-16-7-5-6-14(19)12-16/h5-12H,3-4,13H2,1-2H3,(H,20,22). The predicted octanol–water partition coefficient (Wildman–Crippen LogP) is 3.39.